The molecule has 1 aromatic rings. The summed E-state index contributed by atoms with van der Waals surface area (Å²) >= 11 is 3.44. The van der Waals surface area contributed by atoms with Gasteiger partial charge in [-0.1, -0.05) is 22.0 Å². The van der Waals surface area contributed by atoms with Crippen LogP contribution in [0.25, 0.3) is 0 Å². The van der Waals surface area contributed by atoms with E-state index in [1.165, 1.54) is 18.4 Å². The summed E-state index contributed by atoms with van der Waals surface area (Å²) in [7, 11) is 0. The summed E-state index contributed by atoms with van der Waals surface area (Å²) in [5, 5.41) is 8.97. The SMILES string of the molecule is OCc1cc(Br)cc(C2CC2)c1. The third kappa shape index (κ3) is 1.70. The molecule has 0 aliphatic heterocycles. The van der Waals surface area contributed by atoms with Gasteiger partial charge >= 0.3 is 0 Å². The quantitative estimate of drug-likeness (QED) is 0.823. The van der Waals surface area contributed by atoms with Gasteiger partial charge in [0.15, 0.2) is 0 Å². The summed E-state index contributed by atoms with van der Waals surface area (Å²) in [6.45, 7) is 0.138. The van der Waals surface area contributed by atoms with E-state index in [9.17, 15) is 0 Å². The molecule has 0 spiro atoms. The molecule has 0 atom stereocenters. The molecule has 2 rings (SSSR count). The van der Waals surface area contributed by atoms with Gasteiger partial charge in [-0.25, -0.2) is 0 Å². The topological polar surface area (TPSA) is 20.2 Å². The van der Waals surface area contributed by atoms with E-state index in [-0.39, 0.29) is 6.61 Å². The van der Waals surface area contributed by atoms with Gasteiger partial charge in [-0.3, -0.25) is 0 Å². The Morgan fingerprint density at radius 1 is 1.33 bits per heavy atom. The Morgan fingerprint density at radius 3 is 2.67 bits per heavy atom. The lowest BCUT2D eigenvalue weighted by atomic mass is 10.1. The Labute approximate surface area is 80.5 Å². The average Bonchev–Trinajstić information content (AvgIpc) is 2.85. The first-order valence-electron chi connectivity index (χ1n) is 4.20. The van der Waals surface area contributed by atoms with Crippen LogP contribution < -0.4 is 0 Å². The monoisotopic (exact) mass is 226 g/mol. The maximum atomic E-state index is 8.97. The lowest BCUT2D eigenvalue weighted by molar-refractivity contribution is 0.281. The van der Waals surface area contributed by atoms with Gasteiger partial charge in [-0.15, -0.1) is 0 Å². The van der Waals surface area contributed by atoms with Crippen LogP contribution in [0.3, 0.4) is 0 Å². The summed E-state index contributed by atoms with van der Waals surface area (Å²) in [6, 6.07) is 6.21. The van der Waals surface area contributed by atoms with E-state index in [2.05, 4.69) is 28.1 Å². The summed E-state index contributed by atoms with van der Waals surface area (Å²) in [5.74, 6) is 0.757. The van der Waals surface area contributed by atoms with Crippen LogP contribution in [0.4, 0.5) is 0 Å². The van der Waals surface area contributed by atoms with Crippen LogP contribution in [-0.4, -0.2) is 5.11 Å². The van der Waals surface area contributed by atoms with E-state index in [0.29, 0.717) is 0 Å². The number of rotatable bonds is 2. The summed E-state index contributed by atoms with van der Waals surface area (Å²) in [4.78, 5) is 0. The van der Waals surface area contributed by atoms with Crippen molar-refractivity contribution < 1.29 is 5.11 Å². The van der Waals surface area contributed by atoms with Crippen LogP contribution in [0.15, 0.2) is 22.7 Å². The number of hydrogen-bond acceptors (Lipinski definition) is 1. The number of hydrogen-bond donors (Lipinski definition) is 1. The lowest BCUT2D eigenvalue weighted by Gasteiger charge is -2.02. The molecule has 1 fully saturated rings. The van der Waals surface area contributed by atoms with Crippen molar-refractivity contribution in [2.45, 2.75) is 25.4 Å². The molecule has 1 aromatic carbocycles. The molecule has 0 amide bonds. The molecule has 1 nitrogen and oxygen atoms in total. The van der Waals surface area contributed by atoms with Crippen molar-refractivity contribution in [3.8, 4) is 0 Å². The van der Waals surface area contributed by atoms with E-state index >= 15 is 0 Å². The number of aliphatic hydroxyl groups excluding tert-OH is 1. The second kappa shape index (κ2) is 3.19. The Balaban J connectivity index is 2.34. The predicted octanol–water partition coefficient (Wildman–Crippen LogP) is 2.82. The first-order valence-corrected chi connectivity index (χ1v) is 4.99. The fourth-order valence-electron chi connectivity index (χ4n) is 1.42. The van der Waals surface area contributed by atoms with Gasteiger partial charge in [0.2, 0.25) is 0 Å². The molecule has 0 saturated heterocycles. The molecule has 0 heterocycles. The van der Waals surface area contributed by atoms with Gasteiger partial charge in [0.05, 0.1) is 6.61 Å². The Morgan fingerprint density at radius 2 is 2.08 bits per heavy atom. The minimum absolute atomic E-state index is 0.138. The molecule has 0 bridgehead atoms. The first kappa shape index (κ1) is 8.27. The van der Waals surface area contributed by atoms with Crippen molar-refractivity contribution in [3.63, 3.8) is 0 Å². The molecule has 1 aliphatic rings. The Bertz CT molecular complexity index is 292. The van der Waals surface area contributed by atoms with Crippen molar-refractivity contribution in [1.82, 2.24) is 0 Å². The van der Waals surface area contributed by atoms with Crippen molar-refractivity contribution >= 4 is 15.9 Å². The third-order valence-electron chi connectivity index (χ3n) is 2.21. The summed E-state index contributed by atoms with van der Waals surface area (Å²) in [5.41, 5.74) is 2.37. The van der Waals surface area contributed by atoms with Gasteiger partial charge in [-0.2, -0.15) is 0 Å². The maximum absolute atomic E-state index is 8.97. The van der Waals surface area contributed by atoms with Crippen LogP contribution in [0, 0.1) is 0 Å². The van der Waals surface area contributed by atoms with Gasteiger partial charge < -0.3 is 5.11 Å². The predicted molar refractivity (Wildman–Crippen MR) is 52.0 cm³/mol. The molecule has 64 valence electrons. The Kier molecular flexibility index (Phi) is 2.20. The van der Waals surface area contributed by atoms with Crippen LogP contribution in [0.2, 0.25) is 0 Å². The van der Waals surface area contributed by atoms with E-state index in [4.69, 9.17) is 5.11 Å². The zero-order chi connectivity index (χ0) is 8.55. The normalized spacial score (nSPS) is 16.5. The highest BCUT2D eigenvalue weighted by Crippen LogP contribution is 2.41. The molecular weight excluding hydrogens is 216 g/mol. The highest BCUT2D eigenvalue weighted by atomic mass is 79.9. The van der Waals surface area contributed by atoms with Crippen LogP contribution >= 0.6 is 15.9 Å². The average molecular weight is 227 g/mol. The van der Waals surface area contributed by atoms with E-state index in [0.717, 1.165) is 16.0 Å². The fraction of sp³-hybridized carbons (Fsp3) is 0.400. The Hall–Kier alpha value is -0.340. The van der Waals surface area contributed by atoms with Gasteiger partial charge in [0, 0.05) is 4.47 Å². The number of halogens is 1. The second-order valence-corrected chi connectivity index (χ2v) is 4.24. The van der Waals surface area contributed by atoms with Crippen molar-refractivity contribution in [3.05, 3.63) is 33.8 Å². The lowest BCUT2D eigenvalue weighted by Crippen LogP contribution is -1.86. The van der Waals surface area contributed by atoms with Crippen LogP contribution in [0.5, 0.6) is 0 Å². The van der Waals surface area contributed by atoms with Crippen LogP contribution in [0.1, 0.15) is 29.9 Å². The summed E-state index contributed by atoms with van der Waals surface area (Å²) < 4.78 is 1.08. The zero-order valence-corrected chi connectivity index (χ0v) is 8.34. The van der Waals surface area contributed by atoms with Gasteiger partial charge in [0.25, 0.3) is 0 Å². The van der Waals surface area contributed by atoms with E-state index < -0.39 is 0 Å². The largest absolute Gasteiger partial charge is 0.392 e. The maximum Gasteiger partial charge on any atom is 0.0682 e. The second-order valence-electron chi connectivity index (χ2n) is 3.33. The number of benzene rings is 1. The van der Waals surface area contributed by atoms with Crippen molar-refractivity contribution in [2.75, 3.05) is 0 Å². The molecule has 2 heteroatoms. The molecule has 0 radical (unpaired) electrons. The molecule has 1 N–H and O–H groups in total. The highest BCUT2D eigenvalue weighted by molar-refractivity contribution is 9.10. The molecular formula is C10H11BrO. The minimum Gasteiger partial charge on any atom is -0.392 e. The summed E-state index contributed by atoms with van der Waals surface area (Å²) in [6.07, 6.45) is 2.61. The van der Waals surface area contributed by atoms with Crippen LogP contribution in [-0.2, 0) is 6.61 Å². The minimum atomic E-state index is 0.138. The smallest absolute Gasteiger partial charge is 0.0682 e. The van der Waals surface area contributed by atoms with Crippen molar-refractivity contribution in [2.24, 2.45) is 0 Å². The molecule has 0 unspecified atom stereocenters. The standard InChI is InChI=1S/C10H11BrO/c11-10-4-7(6-12)3-9(5-10)8-1-2-8/h3-5,8,12H,1-2,6H2. The first-order chi connectivity index (χ1) is 5.79. The molecule has 1 aliphatic carbocycles. The van der Waals surface area contributed by atoms with Crippen molar-refractivity contribution in [1.29, 1.82) is 0 Å². The fourth-order valence-corrected chi connectivity index (χ4v) is 1.98. The molecule has 12 heavy (non-hydrogen) atoms. The number of aliphatic hydroxyl groups is 1. The highest BCUT2D eigenvalue weighted by Gasteiger charge is 2.23. The van der Waals surface area contributed by atoms with E-state index in [1.807, 2.05) is 6.07 Å². The molecule has 0 aromatic heterocycles. The zero-order valence-electron chi connectivity index (χ0n) is 6.76. The third-order valence-corrected chi connectivity index (χ3v) is 2.67. The molecule has 1 saturated carbocycles. The van der Waals surface area contributed by atoms with Gasteiger partial charge in [0.1, 0.15) is 0 Å². The van der Waals surface area contributed by atoms with E-state index in [1.54, 1.807) is 0 Å². The van der Waals surface area contributed by atoms with Gasteiger partial charge in [-0.05, 0) is 42.0 Å².